The molecule has 92 valence electrons. The van der Waals surface area contributed by atoms with E-state index >= 15 is 0 Å². The number of carbonyl (C=O) groups excluding carboxylic acids is 1. The van der Waals surface area contributed by atoms with Crippen molar-refractivity contribution in [2.24, 2.45) is 0 Å². The predicted molar refractivity (Wildman–Crippen MR) is 67.7 cm³/mol. The van der Waals surface area contributed by atoms with Gasteiger partial charge in [-0.25, -0.2) is 9.18 Å². The van der Waals surface area contributed by atoms with E-state index in [0.29, 0.717) is 18.8 Å². The standard InChI is InChI=1S/C12H15FN2OS/c1-14-11(8-15(6-7-17)12(14)16)9-2-4-10(13)5-3-9/h2-5,11,17H,6-8H2,1H3. The van der Waals surface area contributed by atoms with Crippen molar-refractivity contribution in [3.63, 3.8) is 0 Å². The van der Waals surface area contributed by atoms with Gasteiger partial charge in [0.25, 0.3) is 0 Å². The van der Waals surface area contributed by atoms with Gasteiger partial charge in [0.1, 0.15) is 5.82 Å². The van der Waals surface area contributed by atoms with E-state index in [1.165, 1.54) is 12.1 Å². The zero-order chi connectivity index (χ0) is 12.4. The molecule has 2 amide bonds. The molecule has 0 radical (unpaired) electrons. The average Bonchev–Trinajstić information content (AvgIpc) is 2.59. The number of nitrogens with zero attached hydrogens (tertiary/aromatic N) is 2. The molecule has 1 aromatic carbocycles. The van der Waals surface area contributed by atoms with Gasteiger partial charge in [-0.2, -0.15) is 12.6 Å². The number of amides is 2. The lowest BCUT2D eigenvalue weighted by molar-refractivity contribution is 0.197. The Balaban J connectivity index is 2.17. The number of hydrogen-bond donors (Lipinski definition) is 1. The van der Waals surface area contributed by atoms with E-state index in [2.05, 4.69) is 12.6 Å². The molecule has 0 aromatic heterocycles. The summed E-state index contributed by atoms with van der Waals surface area (Å²) in [5, 5.41) is 0. The highest BCUT2D eigenvalue weighted by molar-refractivity contribution is 7.80. The van der Waals surface area contributed by atoms with Crippen LogP contribution in [0, 0.1) is 5.82 Å². The number of likely N-dealkylation sites (N-methyl/N-ethyl adjacent to an activating group) is 1. The van der Waals surface area contributed by atoms with Gasteiger partial charge in [0.05, 0.1) is 6.04 Å². The Morgan fingerprint density at radius 2 is 2.06 bits per heavy atom. The highest BCUT2D eigenvalue weighted by Gasteiger charge is 2.34. The molecular weight excluding hydrogens is 239 g/mol. The topological polar surface area (TPSA) is 23.6 Å². The lowest BCUT2D eigenvalue weighted by Crippen LogP contribution is -2.30. The van der Waals surface area contributed by atoms with Gasteiger partial charge in [-0.15, -0.1) is 0 Å². The van der Waals surface area contributed by atoms with Gasteiger partial charge in [0, 0.05) is 25.9 Å². The van der Waals surface area contributed by atoms with Gasteiger partial charge in [0.15, 0.2) is 0 Å². The fourth-order valence-corrected chi connectivity index (χ4v) is 2.33. The molecule has 1 saturated heterocycles. The lowest BCUT2D eigenvalue weighted by atomic mass is 10.1. The Hall–Kier alpha value is -1.23. The van der Waals surface area contributed by atoms with Crippen LogP contribution < -0.4 is 0 Å². The molecule has 0 aliphatic carbocycles. The summed E-state index contributed by atoms with van der Waals surface area (Å²) in [6.45, 7) is 1.28. The molecular formula is C12H15FN2OS. The Kier molecular flexibility index (Phi) is 3.57. The van der Waals surface area contributed by atoms with Crippen LogP contribution in [-0.4, -0.2) is 41.7 Å². The summed E-state index contributed by atoms with van der Waals surface area (Å²) < 4.78 is 12.8. The SMILES string of the molecule is CN1C(=O)N(CCS)CC1c1ccc(F)cc1. The number of hydrogen-bond acceptors (Lipinski definition) is 2. The molecule has 0 spiro atoms. The first-order valence-electron chi connectivity index (χ1n) is 5.51. The quantitative estimate of drug-likeness (QED) is 0.821. The summed E-state index contributed by atoms with van der Waals surface area (Å²) in [5.41, 5.74) is 0.962. The van der Waals surface area contributed by atoms with Crippen molar-refractivity contribution in [3.05, 3.63) is 35.6 Å². The van der Waals surface area contributed by atoms with Crippen LogP contribution >= 0.6 is 12.6 Å². The van der Waals surface area contributed by atoms with Gasteiger partial charge >= 0.3 is 6.03 Å². The van der Waals surface area contributed by atoms with Crippen molar-refractivity contribution in [2.45, 2.75) is 6.04 Å². The maximum atomic E-state index is 12.8. The van der Waals surface area contributed by atoms with Crippen LogP contribution in [0.2, 0.25) is 0 Å². The third-order valence-electron chi connectivity index (χ3n) is 3.06. The number of urea groups is 1. The van der Waals surface area contributed by atoms with Crippen molar-refractivity contribution in [2.75, 3.05) is 25.9 Å². The molecule has 1 aliphatic heterocycles. The molecule has 1 atom stereocenters. The van der Waals surface area contributed by atoms with Gasteiger partial charge in [0.2, 0.25) is 0 Å². The predicted octanol–water partition coefficient (Wildman–Crippen LogP) is 2.16. The summed E-state index contributed by atoms with van der Waals surface area (Å²) >= 11 is 4.13. The summed E-state index contributed by atoms with van der Waals surface area (Å²) in [5.74, 6) is 0.392. The molecule has 0 bridgehead atoms. The van der Waals surface area contributed by atoms with Crippen molar-refractivity contribution in [1.29, 1.82) is 0 Å². The zero-order valence-electron chi connectivity index (χ0n) is 9.64. The molecule has 0 N–H and O–H groups in total. The second-order valence-corrected chi connectivity index (χ2v) is 4.58. The van der Waals surface area contributed by atoms with Crippen LogP contribution in [0.4, 0.5) is 9.18 Å². The van der Waals surface area contributed by atoms with E-state index in [9.17, 15) is 9.18 Å². The molecule has 1 fully saturated rings. The first-order chi connectivity index (χ1) is 8.13. The van der Waals surface area contributed by atoms with Gasteiger partial charge in [-0.05, 0) is 17.7 Å². The summed E-state index contributed by atoms with van der Waals surface area (Å²) in [4.78, 5) is 15.3. The Morgan fingerprint density at radius 3 is 2.65 bits per heavy atom. The van der Waals surface area contributed by atoms with Crippen LogP contribution in [0.5, 0.6) is 0 Å². The third-order valence-corrected chi connectivity index (χ3v) is 3.26. The van der Waals surface area contributed by atoms with Crippen molar-refractivity contribution < 1.29 is 9.18 Å². The first kappa shape index (κ1) is 12.2. The molecule has 3 nitrogen and oxygen atoms in total. The van der Waals surface area contributed by atoms with Gasteiger partial charge in [-0.1, -0.05) is 12.1 Å². The van der Waals surface area contributed by atoms with Gasteiger partial charge in [-0.3, -0.25) is 0 Å². The van der Waals surface area contributed by atoms with Crippen LogP contribution in [0.25, 0.3) is 0 Å². The van der Waals surface area contributed by atoms with Crippen molar-refractivity contribution in [3.8, 4) is 0 Å². The molecule has 1 aromatic rings. The molecule has 5 heteroatoms. The number of halogens is 1. The monoisotopic (exact) mass is 254 g/mol. The van der Waals surface area contributed by atoms with E-state index < -0.39 is 0 Å². The minimum absolute atomic E-state index is 0.00276. The smallest absolute Gasteiger partial charge is 0.320 e. The molecule has 17 heavy (non-hydrogen) atoms. The third kappa shape index (κ3) is 2.39. The highest BCUT2D eigenvalue weighted by Crippen LogP contribution is 2.27. The Bertz CT molecular complexity index is 409. The average molecular weight is 254 g/mol. The molecule has 0 saturated carbocycles. The Labute approximate surface area is 106 Å². The van der Waals surface area contributed by atoms with Crippen molar-refractivity contribution in [1.82, 2.24) is 9.80 Å². The molecule has 1 heterocycles. The van der Waals surface area contributed by atoms with Gasteiger partial charge < -0.3 is 9.80 Å². The van der Waals surface area contributed by atoms with E-state index in [1.807, 2.05) is 0 Å². The van der Waals surface area contributed by atoms with Crippen molar-refractivity contribution >= 4 is 18.7 Å². The summed E-state index contributed by atoms with van der Waals surface area (Å²) in [6, 6.07) is 6.32. The molecule has 1 unspecified atom stereocenters. The Morgan fingerprint density at radius 1 is 1.41 bits per heavy atom. The fourth-order valence-electron chi connectivity index (χ4n) is 2.09. The number of benzene rings is 1. The van der Waals surface area contributed by atoms with Crippen LogP contribution in [0.15, 0.2) is 24.3 Å². The second kappa shape index (κ2) is 4.96. The minimum Gasteiger partial charge on any atom is -0.321 e. The van der Waals surface area contributed by atoms with E-state index in [1.54, 1.807) is 29.0 Å². The second-order valence-electron chi connectivity index (χ2n) is 4.13. The van der Waals surface area contributed by atoms with Crippen LogP contribution in [-0.2, 0) is 0 Å². The summed E-state index contributed by atoms with van der Waals surface area (Å²) in [6.07, 6.45) is 0. The number of thiol groups is 1. The van der Waals surface area contributed by atoms with E-state index in [-0.39, 0.29) is 17.9 Å². The normalized spacial score (nSPS) is 20.2. The van der Waals surface area contributed by atoms with Crippen LogP contribution in [0.3, 0.4) is 0 Å². The molecule has 1 aliphatic rings. The maximum Gasteiger partial charge on any atom is 0.320 e. The largest absolute Gasteiger partial charge is 0.321 e. The fraction of sp³-hybridized carbons (Fsp3) is 0.417. The summed E-state index contributed by atoms with van der Waals surface area (Å²) in [7, 11) is 1.77. The first-order valence-corrected chi connectivity index (χ1v) is 6.15. The minimum atomic E-state index is -0.257. The van der Waals surface area contributed by atoms with E-state index in [0.717, 1.165) is 5.56 Å². The molecule has 2 rings (SSSR count). The van der Waals surface area contributed by atoms with E-state index in [4.69, 9.17) is 0 Å². The number of rotatable bonds is 3. The van der Waals surface area contributed by atoms with Crippen LogP contribution in [0.1, 0.15) is 11.6 Å². The zero-order valence-corrected chi connectivity index (χ0v) is 10.5. The maximum absolute atomic E-state index is 12.8. The highest BCUT2D eigenvalue weighted by atomic mass is 32.1. The lowest BCUT2D eigenvalue weighted by Gasteiger charge is -2.17. The number of carbonyl (C=O) groups is 1.